The van der Waals surface area contributed by atoms with Crippen molar-refractivity contribution in [1.82, 2.24) is 9.78 Å². The minimum atomic E-state index is -0.990. The van der Waals surface area contributed by atoms with Crippen LogP contribution in [0, 0.1) is 17.0 Å². The molecule has 0 saturated heterocycles. The van der Waals surface area contributed by atoms with E-state index in [1.54, 1.807) is 17.8 Å². The highest BCUT2D eigenvalue weighted by Gasteiger charge is 2.35. The average molecular weight is 515 g/mol. The summed E-state index contributed by atoms with van der Waals surface area (Å²) in [5, 5.41) is 14.1. The first kappa shape index (κ1) is 26.4. The lowest BCUT2D eigenvalue weighted by atomic mass is 9.74. The molecule has 5 nitrogen and oxygen atoms in total. The maximum atomic E-state index is 15.2. The quantitative estimate of drug-likeness (QED) is 0.318. The zero-order chi connectivity index (χ0) is 25.5. The Kier molecular flexibility index (Phi) is 8.80. The minimum Gasteiger partial charge on any atom is -0.480 e. The maximum absolute atomic E-state index is 15.2. The van der Waals surface area contributed by atoms with Gasteiger partial charge in [-0.3, -0.25) is 4.68 Å². The molecule has 0 spiro atoms. The van der Waals surface area contributed by atoms with E-state index in [1.807, 2.05) is 41.3 Å². The zero-order valence-corrected chi connectivity index (χ0v) is 21.3. The van der Waals surface area contributed by atoms with Gasteiger partial charge in [0.2, 0.25) is 0 Å². The summed E-state index contributed by atoms with van der Waals surface area (Å²) < 4.78 is 37.1. The Morgan fingerprint density at radius 2 is 1.86 bits per heavy atom. The van der Waals surface area contributed by atoms with Crippen molar-refractivity contribution in [2.24, 2.45) is 5.41 Å². The fraction of sp³-hybridized carbons (Fsp3) is 0.429. The number of halogens is 2. The van der Waals surface area contributed by atoms with Crippen LogP contribution in [0.1, 0.15) is 37.8 Å². The highest BCUT2D eigenvalue weighted by Crippen LogP contribution is 2.42. The van der Waals surface area contributed by atoms with Gasteiger partial charge in [0.15, 0.2) is 11.6 Å². The normalized spacial score (nSPS) is 15.2. The first-order valence-electron chi connectivity index (χ1n) is 12.3. The van der Waals surface area contributed by atoms with Gasteiger partial charge >= 0.3 is 5.97 Å². The molecule has 0 atom stereocenters. The lowest BCUT2D eigenvalue weighted by molar-refractivity contribution is -0.144. The first-order chi connectivity index (χ1) is 17.4. The fourth-order valence-corrected chi connectivity index (χ4v) is 5.58. The number of aromatic nitrogens is 2. The van der Waals surface area contributed by atoms with E-state index in [-0.39, 0.29) is 17.6 Å². The molecule has 3 aromatic rings. The van der Waals surface area contributed by atoms with Crippen molar-refractivity contribution in [2.75, 3.05) is 25.2 Å². The highest BCUT2D eigenvalue weighted by molar-refractivity contribution is 7.98. The second-order valence-electron chi connectivity index (χ2n) is 9.49. The molecule has 36 heavy (non-hydrogen) atoms. The summed E-state index contributed by atoms with van der Waals surface area (Å²) in [6.45, 7) is 0.522. The molecular weight excluding hydrogens is 482 g/mol. The molecule has 0 radical (unpaired) electrons. The van der Waals surface area contributed by atoms with Crippen LogP contribution in [0.15, 0.2) is 48.5 Å². The second kappa shape index (κ2) is 12.0. The Morgan fingerprint density at radius 3 is 2.56 bits per heavy atom. The molecular formula is C28H32F2N2O3S. The molecule has 2 aromatic carbocycles. The first-order valence-corrected chi connectivity index (χ1v) is 13.7. The number of rotatable bonds is 11. The molecule has 1 heterocycles. The third kappa shape index (κ3) is 5.98. The Morgan fingerprint density at radius 1 is 1.11 bits per heavy atom. The van der Waals surface area contributed by atoms with Gasteiger partial charge in [-0.15, -0.1) is 0 Å². The standard InChI is InChI=1S/C28H32F2N2O3S/c1-36-16-13-23-25(21-11-8-12-22(29)26(21)30)27(20-9-4-2-5-10-20)31-32(23)18-28(14-6-3-7-15-28)19-35-17-24(33)34/h2,4-5,8-12H,3,6-7,13-19H2,1H3,(H,33,34). The largest absolute Gasteiger partial charge is 0.480 e. The number of hydrogen-bond acceptors (Lipinski definition) is 4. The summed E-state index contributed by atoms with van der Waals surface area (Å²) >= 11 is 1.68. The van der Waals surface area contributed by atoms with Gasteiger partial charge in [-0.2, -0.15) is 16.9 Å². The number of carboxylic acid groups (broad SMARTS) is 1. The number of thioether (sulfide) groups is 1. The number of carbonyl (C=O) groups is 1. The van der Waals surface area contributed by atoms with E-state index in [4.69, 9.17) is 14.9 Å². The van der Waals surface area contributed by atoms with Crippen molar-refractivity contribution in [3.63, 3.8) is 0 Å². The number of hydrogen-bond donors (Lipinski definition) is 1. The Balaban J connectivity index is 1.85. The molecule has 0 unspecified atom stereocenters. The molecule has 8 heteroatoms. The number of carboxylic acids is 1. The van der Waals surface area contributed by atoms with Crippen LogP contribution in [0.4, 0.5) is 8.78 Å². The molecule has 0 amide bonds. The van der Waals surface area contributed by atoms with Crippen molar-refractivity contribution in [3.8, 4) is 22.4 Å². The summed E-state index contributed by atoms with van der Waals surface area (Å²) in [5.41, 5.74) is 2.87. The Bertz CT molecular complexity index is 1180. The molecule has 0 bridgehead atoms. The monoisotopic (exact) mass is 514 g/mol. The second-order valence-corrected chi connectivity index (χ2v) is 10.5. The van der Waals surface area contributed by atoms with Crippen molar-refractivity contribution >= 4 is 17.7 Å². The van der Waals surface area contributed by atoms with Crippen LogP contribution in [0.3, 0.4) is 0 Å². The molecule has 1 N–H and O–H groups in total. The molecule has 1 aliphatic rings. The molecule has 1 aliphatic carbocycles. The van der Waals surface area contributed by atoms with Gasteiger partial charge in [-0.05, 0) is 37.3 Å². The number of ether oxygens (including phenoxy) is 1. The third-order valence-electron chi connectivity index (χ3n) is 6.90. The minimum absolute atomic E-state index is 0.205. The van der Waals surface area contributed by atoms with Gasteiger partial charge in [0.1, 0.15) is 12.3 Å². The van der Waals surface area contributed by atoms with E-state index in [2.05, 4.69) is 0 Å². The van der Waals surface area contributed by atoms with E-state index in [0.29, 0.717) is 30.8 Å². The van der Waals surface area contributed by atoms with E-state index in [1.165, 1.54) is 6.07 Å². The van der Waals surface area contributed by atoms with Crippen LogP contribution in [0.25, 0.3) is 22.4 Å². The summed E-state index contributed by atoms with van der Waals surface area (Å²) in [6, 6.07) is 13.9. The molecule has 1 aromatic heterocycles. The van der Waals surface area contributed by atoms with Crippen molar-refractivity contribution in [1.29, 1.82) is 0 Å². The fourth-order valence-electron chi connectivity index (χ4n) is 5.18. The van der Waals surface area contributed by atoms with Crippen LogP contribution in [-0.2, 0) is 22.5 Å². The topological polar surface area (TPSA) is 64.4 Å². The zero-order valence-electron chi connectivity index (χ0n) is 20.5. The summed E-state index contributed by atoms with van der Waals surface area (Å²) in [6.07, 6.45) is 7.66. The van der Waals surface area contributed by atoms with Crippen molar-refractivity contribution in [3.05, 3.63) is 65.9 Å². The van der Waals surface area contributed by atoms with E-state index < -0.39 is 17.6 Å². The Labute approximate surface area is 214 Å². The van der Waals surface area contributed by atoms with Gasteiger partial charge < -0.3 is 9.84 Å². The summed E-state index contributed by atoms with van der Waals surface area (Å²) in [7, 11) is 0. The number of benzene rings is 2. The van der Waals surface area contributed by atoms with Crippen LogP contribution in [0.5, 0.6) is 0 Å². The number of aliphatic carboxylic acids is 1. The molecule has 192 valence electrons. The molecule has 0 aliphatic heterocycles. The van der Waals surface area contributed by atoms with Crippen LogP contribution >= 0.6 is 11.8 Å². The highest BCUT2D eigenvalue weighted by atomic mass is 32.2. The lowest BCUT2D eigenvalue weighted by Crippen LogP contribution is -2.36. The predicted molar refractivity (Wildman–Crippen MR) is 139 cm³/mol. The molecule has 1 fully saturated rings. The van der Waals surface area contributed by atoms with Crippen molar-refractivity contribution < 1.29 is 23.4 Å². The van der Waals surface area contributed by atoms with Gasteiger partial charge in [-0.1, -0.05) is 61.7 Å². The number of nitrogens with zero attached hydrogens (tertiary/aromatic N) is 2. The summed E-state index contributed by atoms with van der Waals surface area (Å²) in [4.78, 5) is 11.1. The van der Waals surface area contributed by atoms with E-state index >= 15 is 4.39 Å². The third-order valence-corrected chi connectivity index (χ3v) is 7.51. The van der Waals surface area contributed by atoms with Crippen LogP contribution in [-0.4, -0.2) is 46.1 Å². The molecule has 1 saturated carbocycles. The predicted octanol–water partition coefficient (Wildman–Crippen LogP) is 6.45. The van der Waals surface area contributed by atoms with Crippen molar-refractivity contribution in [2.45, 2.75) is 45.1 Å². The molecule has 4 rings (SSSR count). The van der Waals surface area contributed by atoms with Gasteiger partial charge in [0.05, 0.1) is 6.61 Å². The average Bonchev–Trinajstić information content (AvgIpc) is 3.22. The van der Waals surface area contributed by atoms with Gasteiger partial charge in [0.25, 0.3) is 0 Å². The maximum Gasteiger partial charge on any atom is 0.329 e. The smallest absolute Gasteiger partial charge is 0.329 e. The summed E-state index contributed by atoms with van der Waals surface area (Å²) in [5.74, 6) is -1.96. The van der Waals surface area contributed by atoms with E-state index in [9.17, 15) is 9.18 Å². The van der Waals surface area contributed by atoms with E-state index in [0.717, 1.165) is 55.2 Å². The Hall–Kier alpha value is -2.71. The van der Waals surface area contributed by atoms with Crippen LogP contribution in [0.2, 0.25) is 0 Å². The lowest BCUT2D eigenvalue weighted by Gasteiger charge is -2.37. The van der Waals surface area contributed by atoms with Gasteiger partial charge in [-0.25, -0.2) is 13.6 Å². The SMILES string of the molecule is CSCCc1c(-c2cccc(F)c2F)c(-c2ccccc2)nn1CC1(COCC(=O)O)CCCCC1. The van der Waals surface area contributed by atoms with Crippen LogP contribution < -0.4 is 0 Å². The van der Waals surface area contributed by atoms with Gasteiger partial charge in [0, 0.05) is 34.3 Å².